The molecular weight excluding hydrogens is 346 g/mol. The number of halogens is 2. The van der Waals surface area contributed by atoms with Gasteiger partial charge in [0.25, 0.3) is 0 Å². The Kier molecular flexibility index (Phi) is 4.16. The summed E-state index contributed by atoms with van der Waals surface area (Å²) < 4.78 is 43.6. The Morgan fingerprint density at radius 2 is 1.92 bits per heavy atom. The number of nitrogens with zero attached hydrogens (tertiary/aromatic N) is 2. The third-order valence-corrected chi connectivity index (χ3v) is 3.98. The third-order valence-electron chi connectivity index (χ3n) is 3.98. The predicted octanol–water partition coefficient (Wildman–Crippen LogP) is 3.31. The Bertz CT molecular complexity index is 957. The van der Waals surface area contributed by atoms with Gasteiger partial charge in [-0.1, -0.05) is 24.3 Å². The second kappa shape index (κ2) is 6.62. The number of rotatable bonds is 4. The number of carbonyl (C=O) groups excluding carboxylic acids is 1. The summed E-state index contributed by atoms with van der Waals surface area (Å²) >= 11 is 0. The Labute approximate surface area is 146 Å². The average Bonchev–Trinajstić information content (AvgIpc) is 3.04. The van der Waals surface area contributed by atoms with Crippen molar-refractivity contribution >= 4 is 17.0 Å². The van der Waals surface area contributed by atoms with E-state index in [1.807, 2.05) is 0 Å². The number of benzene rings is 2. The summed E-state index contributed by atoms with van der Waals surface area (Å²) in [5.74, 6) is 0.232. The van der Waals surface area contributed by atoms with Crippen LogP contribution in [-0.2, 0) is 16.1 Å². The molecule has 0 saturated carbocycles. The molecule has 0 saturated heterocycles. The number of aromatic nitrogens is 2. The van der Waals surface area contributed by atoms with Crippen LogP contribution in [0.25, 0.3) is 11.0 Å². The molecule has 0 radical (unpaired) electrons. The topological polar surface area (TPSA) is 62.6 Å². The number of para-hydroxylation sites is 4. The van der Waals surface area contributed by atoms with Crippen LogP contribution in [0, 0.1) is 0 Å². The lowest BCUT2D eigenvalue weighted by molar-refractivity contribution is -0.156. The number of imidazole rings is 1. The molecule has 1 aliphatic heterocycles. The fourth-order valence-electron chi connectivity index (χ4n) is 2.78. The lowest BCUT2D eigenvalue weighted by Gasteiger charge is -2.24. The van der Waals surface area contributed by atoms with Crippen LogP contribution >= 0.6 is 0 Å². The van der Waals surface area contributed by atoms with E-state index >= 15 is 0 Å². The van der Waals surface area contributed by atoms with E-state index in [-0.39, 0.29) is 24.6 Å². The molecule has 3 aromatic rings. The quantitative estimate of drug-likeness (QED) is 0.668. The molecule has 0 aliphatic carbocycles. The van der Waals surface area contributed by atoms with Gasteiger partial charge in [-0.15, -0.1) is 0 Å². The minimum absolute atomic E-state index is 0.0128. The zero-order valence-electron chi connectivity index (χ0n) is 13.5. The summed E-state index contributed by atoms with van der Waals surface area (Å²) in [4.78, 5) is 16.3. The second-order valence-corrected chi connectivity index (χ2v) is 5.64. The summed E-state index contributed by atoms with van der Waals surface area (Å²) in [5.41, 5.74) is 0.685. The minimum atomic E-state index is -2.79. The number of carbonyl (C=O) groups is 1. The lowest BCUT2D eigenvalue weighted by Crippen LogP contribution is -2.37. The molecule has 6 nitrogen and oxygen atoms in total. The highest BCUT2D eigenvalue weighted by molar-refractivity contribution is 5.77. The van der Waals surface area contributed by atoms with E-state index < -0.39 is 18.6 Å². The number of hydrogen-bond donors (Lipinski definition) is 0. The van der Waals surface area contributed by atoms with Crippen LogP contribution < -0.4 is 9.47 Å². The van der Waals surface area contributed by atoms with Crippen molar-refractivity contribution in [3.8, 4) is 11.5 Å². The van der Waals surface area contributed by atoms with Crippen molar-refractivity contribution in [2.24, 2.45) is 0 Å². The third kappa shape index (κ3) is 2.94. The molecule has 26 heavy (non-hydrogen) atoms. The van der Waals surface area contributed by atoms with Crippen molar-refractivity contribution in [2.45, 2.75) is 19.3 Å². The number of alkyl halides is 2. The Morgan fingerprint density at radius 3 is 2.73 bits per heavy atom. The Hall–Kier alpha value is -3.16. The molecular formula is C18H14F2N2O4. The molecule has 0 N–H and O–H groups in total. The summed E-state index contributed by atoms with van der Waals surface area (Å²) in [7, 11) is 0. The van der Waals surface area contributed by atoms with Gasteiger partial charge in [-0.25, -0.2) is 9.78 Å². The molecule has 0 amide bonds. The first-order chi connectivity index (χ1) is 12.6. The van der Waals surface area contributed by atoms with Gasteiger partial charge >= 0.3 is 12.5 Å². The second-order valence-electron chi connectivity index (χ2n) is 5.64. The number of hydrogen-bond acceptors (Lipinski definition) is 5. The van der Waals surface area contributed by atoms with Crippen molar-refractivity contribution in [2.75, 3.05) is 6.61 Å². The van der Waals surface area contributed by atoms with Gasteiger partial charge in [0.05, 0.1) is 11.0 Å². The minimum Gasteiger partial charge on any atom is -0.485 e. The molecule has 2 heterocycles. The van der Waals surface area contributed by atoms with E-state index in [9.17, 15) is 13.6 Å². The molecule has 0 spiro atoms. The maximum atomic E-state index is 13.4. The van der Waals surface area contributed by atoms with Crippen molar-refractivity contribution in [3.63, 3.8) is 0 Å². The molecule has 1 unspecified atom stereocenters. The normalized spacial score (nSPS) is 16.0. The average molecular weight is 360 g/mol. The fraction of sp³-hybridized carbons (Fsp3) is 0.222. The molecule has 4 rings (SSSR count). The molecule has 1 aliphatic rings. The van der Waals surface area contributed by atoms with Crippen molar-refractivity contribution in [1.82, 2.24) is 9.55 Å². The lowest BCUT2D eigenvalue weighted by atomic mass is 10.2. The number of fused-ring (bicyclic) bond motifs is 2. The number of ether oxygens (including phenoxy) is 3. The first-order valence-electron chi connectivity index (χ1n) is 7.92. The zero-order chi connectivity index (χ0) is 18.1. The van der Waals surface area contributed by atoms with Crippen molar-refractivity contribution in [3.05, 3.63) is 54.4 Å². The summed E-state index contributed by atoms with van der Waals surface area (Å²) in [5, 5.41) is 0. The first-order valence-corrected chi connectivity index (χ1v) is 7.92. The maximum absolute atomic E-state index is 13.4. The molecule has 134 valence electrons. The fourth-order valence-corrected chi connectivity index (χ4v) is 2.78. The van der Waals surface area contributed by atoms with Gasteiger partial charge in [0, 0.05) is 0 Å². The SMILES string of the molecule is O=C(OCc1nc2ccccc2n1C(F)F)C1COc2ccccc2O1. The van der Waals surface area contributed by atoms with E-state index in [1.54, 1.807) is 42.5 Å². The molecule has 0 bridgehead atoms. The summed E-state index contributed by atoms with van der Waals surface area (Å²) in [6.45, 7) is -3.20. The smallest absolute Gasteiger partial charge is 0.351 e. The van der Waals surface area contributed by atoms with E-state index in [4.69, 9.17) is 14.2 Å². The van der Waals surface area contributed by atoms with Crippen LogP contribution in [0.4, 0.5) is 8.78 Å². The molecule has 8 heteroatoms. The summed E-state index contributed by atoms with van der Waals surface area (Å²) in [6.07, 6.45) is -0.964. The number of esters is 1. The molecule has 1 atom stereocenters. The van der Waals surface area contributed by atoms with E-state index in [2.05, 4.69) is 4.98 Å². The Morgan fingerprint density at radius 1 is 1.19 bits per heavy atom. The summed E-state index contributed by atoms with van der Waals surface area (Å²) in [6, 6.07) is 13.4. The van der Waals surface area contributed by atoms with Gasteiger partial charge in [-0.05, 0) is 24.3 Å². The van der Waals surface area contributed by atoms with Gasteiger partial charge < -0.3 is 14.2 Å². The van der Waals surface area contributed by atoms with E-state index in [0.717, 1.165) is 4.57 Å². The largest absolute Gasteiger partial charge is 0.485 e. The van der Waals surface area contributed by atoms with E-state index in [1.165, 1.54) is 6.07 Å². The van der Waals surface area contributed by atoms with Crippen LogP contribution in [0.1, 0.15) is 12.4 Å². The molecule has 1 aromatic heterocycles. The Balaban J connectivity index is 1.49. The van der Waals surface area contributed by atoms with Crippen molar-refractivity contribution < 1.29 is 27.8 Å². The molecule has 2 aromatic carbocycles. The van der Waals surface area contributed by atoms with Gasteiger partial charge in [0.2, 0.25) is 6.10 Å². The van der Waals surface area contributed by atoms with Gasteiger partial charge in [-0.2, -0.15) is 8.78 Å². The standard InChI is InChI=1S/C18H14F2N2O4/c19-18(20)22-12-6-2-1-5-11(12)21-16(22)10-25-17(23)15-9-24-13-7-3-4-8-14(13)26-15/h1-8,15,18H,9-10H2. The van der Waals surface area contributed by atoms with Crippen LogP contribution in [0.2, 0.25) is 0 Å². The van der Waals surface area contributed by atoms with E-state index in [0.29, 0.717) is 17.0 Å². The van der Waals surface area contributed by atoms with Crippen molar-refractivity contribution in [1.29, 1.82) is 0 Å². The van der Waals surface area contributed by atoms with Gasteiger partial charge in [0.15, 0.2) is 17.3 Å². The highest BCUT2D eigenvalue weighted by Crippen LogP contribution is 2.31. The van der Waals surface area contributed by atoms with Gasteiger partial charge in [0.1, 0.15) is 13.2 Å². The van der Waals surface area contributed by atoms with Crippen LogP contribution in [-0.4, -0.2) is 28.2 Å². The highest BCUT2D eigenvalue weighted by Gasteiger charge is 2.29. The van der Waals surface area contributed by atoms with Crippen LogP contribution in [0.15, 0.2) is 48.5 Å². The highest BCUT2D eigenvalue weighted by atomic mass is 19.3. The van der Waals surface area contributed by atoms with Crippen LogP contribution in [0.3, 0.4) is 0 Å². The molecule has 0 fully saturated rings. The first kappa shape index (κ1) is 16.3. The zero-order valence-corrected chi connectivity index (χ0v) is 13.5. The van der Waals surface area contributed by atoms with Gasteiger partial charge in [-0.3, -0.25) is 4.57 Å². The predicted molar refractivity (Wildman–Crippen MR) is 87.1 cm³/mol. The monoisotopic (exact) mass is 360 g/mol. The van der Waals surface area contributed by atoms with Crippen LogP contribution in [0.5, 0.6) is 11.5 Å². The maximum Gasteiger partial charge on any atom is 0.351 e.